The van der Waals surface area contributed by atoms with Gasteiger partial charge in [-0.1, -0.05) is 6.42 Å². The van der Waals surface area contributed by atoms with E-state index in [1.54, 1.807) is 16.9 Å². The fourth-order valence-corrected chi connectivity index (χ4v) is 1.76. The van der Waals surface area contributed by atoms with Gasteiger partial charge in [-0.15, -0.1) is 0 Å². The third kappa shape index (κ3) is 1.99. The Kier molecular flexibility index (Phi) is 2.49. The summed E-state index contributed by atoms with van der Waals surface area (Å²) in [5.41, 5.74) is -0.0127. The van der Waals surface area contributed by atoms with E-state index in [0.717, 1.165) is 11.0 Å². The molecule has 0 amide bonds. The highest BCUT2D eigenvalue weighted by Gasteiger charge is 2.18. The number of hydrogen-bond donors (Lipinski definition) is 0. The Balaban J connectivity index is 2.15. The molecule has 0 spiro atoms. The minimum absolute atomic E-state index is 0.0127. The molecule has 1 fully saturated rings. The van der Waals surface area contributed by atoms with Gasteiger partial charge >= 0.3 is 0 Å². The first-order valence-electron chi connectivity index (χ1n) is 4.48. The molecular weight excluding hydrogens is 232 g/mol. The smallest absolute Gasteiger partial charge is 0.267 e. The van der Waals surface area contributed by atoms with Crippen molar-refractivity contribution in [2.75, 3.05) is 0 Å². The van der Waals surface area contributed by atoms with E-state index < -0.39 is 0 Å². The monoisotopic (exact) mass is 242 g/mol. The van der Waals surface area contributed by atoms with E-state index in [2.05, 4.69) is 21.0 Å². The Morgan fingerprint density at radius 1 is 1.62 bits per heavy atom. The van der Waals surface area contributed by atoms with Gasteiger partial charge in [0.25, 0.3) is 5.56 Å². The third-order valence-corrected chi connectivity index (χ3v) is 2.93. The van der Waals surface area contributed by atoms with Crippen molar-refractivity contribution in [3.8, 4) is 0 Å². The summed E-state index contributed by atoms with van der Waals surface area (Å²) in [6.07, 6.45) is 5.45. The second-order valence-corrected chi connectivity index (χ2v) is 4.41. The molecule has 0 unspecified atom stereocenters. The number of nitrogens with zero attached hydrogens (tertiary/aromatic N) is 2. The van der Waals surface area contributed by atoms with E-state index in [9.17, 15) is 4.79 Å². The van der Waals surface area contributed by atoms with Crippen LogP contribution in [0.3, 0.4) is 0 Å². The molecule has 0 N–H and O–H groups in total. The van der Waals surface area contributed by atoms with Crippen LogP contribution in [0.2, 0.25) is 0 Å². The molecule has 0 bridgehead atoms. The fourth-order valence-electron chi connectivity index (χ4n) is 1.47. The molecule has 1 aromatic rings. The lowest BCUT2D eigenvalue weighted by molar-refractivity contribution is 0.261. The molecule has 0 aromatic carbocycles. The molecule has 4 heteroatoms. The first-order chi connectivity index (χ1) is 6.25. The fraction of sp³-hybridized carbons (Fsp3) is 0.556. The summed E-state index contributed by atoms with van der Waals surface area (Å²) >= 11 is 3.22. The van der Waals surface area contributed by atoms with E-state index in [4.69, 9.17) is 0 Å². The van der Waals surface area contributed by atoms with Crippen LogP contribution < -0.4 is 5.56 Å². The SMILES string of the molecule is O=c1cc(Br)cnn1CC1CCC1. The van der Waals surface area contributed by atoms with Crippen molar-refractivity contribution < 1.29 is 0 Å². The molecule has 3 nitrogen and oxygen atoms in total. The van der Waals surface area contributed by atoms with Gasteiger partial charge in [0, 0.05) is 17.1 Å². The van der Waals surface area contributed by atoms with Gasteiger partial charge < -0.3 is 0 Å². The first kappa shape index (κ1) is 8.94. The minimum Gasteiger partial charge on any atom is -0.268 e. The van der Waals surface area contributed by atoms with Crippen LogP contribution >= 0.6 is 15.9 Å². The molecule has 0 aliphatic heterocycles. The molecule has 1 aliphatic rings. The highest BCUT2D eigenvalue weighted by molar-refractivity contribution is 9.10. The predicted molar refractivity (Wildman–Crippen MR) is 53.5 cm³/mol. The molecule has 2 rings (SSSR count). The first-order valence-corrected chi connectivity index (χ1v) is 5.27. The van der Waals surface area contributed by atoms with E-state index in [0.29, 0.717) is 5.92 Å². The van der Waals surface area contributed by atoms with Crippen molar-refractivity contribution in [3.05, 3.63) is 27.1 Å². The lowest BCUT2D eigenvalue weighted by atomic mass is 9.85. The van der Waals surface area contributed by atoms with Gasteiger partial charge in [-0.2, -0.15) is 5.10 Å². The minimum atomic E-state index is -0.0127. The zero-order valence-corrected chi connectivity index (χ0v) is 8.83. The summed E-state index contributed by atoms with van der Waals surface area (Å²) in [5, 5.41) is 4.06. The van der Waals surface area contributed by atoms with Crippen LogP contribution in [0.5, 0.6) is 0 Å². The summed E-state index contributed by atoms with van der Waals surface area (Å²) in [5.74, 6) is 0.673. The largest absolute Gasteiger partial charge is 0.268 e. The van der Waals surface area contributed by atoms with Crippen LogP contribution in [-0.4, -0.2) is 9.78 Å². The average Bonchev–Trinajstić information content (AvgIpc) is 1.99. The Hall–Kier alpha value is -0.640. The number of hydrogen-bond acceptors (Lipinski definition) is 2. The average molecular weight is 243 g/mol. The Labute approximate surface area is 84.9 Å². The number of halogens is 1. The van der Waals surface area contributed by atoms with Gasteiger partial charge in [-0.3, -0.25) is 4.79 Å². The van der Waals surface area contributed by atoms with Crippen LogP contribution in [-0.2, 0) is 6.54 Å². The van der Waals surface area contributed by atoms with Crippen molar-refractivity contribution >= 4 is 15.9 Å². The van der Waals surface area contributed by atoms with Crippen molar-refractivity contribution in [2.45, 2.75) is 25.8 Å². The van der Waals surface area contributed by atoms with Gasteiger partial charge in [0.2, 0.25) is 0 Å². The van der Waals surface area contributed by atoms with Crippen LogP contribution in [0.15, 0.2) is 21.5 Å². The molecule has 1 saturated carbocycles. The van der Waals surface area contributed by atoms with E-state index in [1.165, 1.54) is 19.3 Å². The van der Waals surface area contributed by atoms with E-state index >= 15 is 0 Å². The van der Waals surface area contributed by atoms with Crippen LogP contribution in [0.25, 0.3) is 0 Å². The van der Waals surface area contributed by atoms with Gasteiger partial charge in [0.05, 0.1) is 6.20 Å². The van der Waals surface area contributed by atoms with Crippen LogP contribution in [0.1, 0.15) is 19.3 Å². The highest BCUT2D eigenvalue weighted by atomic mass is 79.9. The number of rotatable bonds is 2. The third-order valence-electron chi connectivity index (χ3n) is 2.49. The van der Waals surface area contributed by atoms with Crippen LogP contribution in [0.4, 0.5) is 0 Å². The van der Waals surface area contributed by atoms with E-state index in [-0.39, 0.29) is 5.56 Å². The Morgan fingerprint density at radius 2 is 2.38 bits per heavy atom. The van der Waals surface area contributed by atoms with Crippen molar-refractivity contribution in [1.29, 1.82) is 0 Å². The van der Waals surface area contributed by atoms with Gasteiger partial charge in [-0.25, -0.2) is 4.68 Å². The molecule has 0 saturated heterocycles. The summed E-state index contributed by atoms with van der Waals surface area (Å²) in [4.78, 5) is 11.4. The van der Waals surface area contributed by atoms with E-state index in [1.807, 2.05) is 0 Å². The van der Waals surface area contributed by atoms with Crippen molar-refractivity contribution in [3.63, 3.8) is 0 Å². The molecule has 13 heavy (non-hydrogen) atoms. The lowest BCUT2D eigenvalue weighted by Gasteiger charge is -2.25. The quantitative estimate of drug-likeness (QED) is 0.793. The summed E-state index contributed by atoms with van der Waals surface area (Å²) < 4.78 is 2.30. The van der Waals surface area contributed by atoms with Gasteiger partial charge in [-0.05, 0) is 34.7 Å². The maximum absolute atomic E-state index is 11.4. The van der Waals surface area contributed by atoms with Crippen molar-refractivity contribution in [1.82, 2.24) is 9.78 Å². The molecule has 1 heterocycles. The second-order valence-electron chi connectivity index (χ2n) is 3.49. The zero-order chi connectivity index (χ0) is 9.26. The van der Waals surface area contributed by atoms with Gasteiger partial charge in [0.1, 0.15) is 0 Å². The Bertz CT molecular complexity index is 357. The molecule has 1 aromatic heterocycles. The standard InChI is InChI=1S/C9H11BrN2O/c10-8-4-9(13)12(11-5-8)6-7-2-1-3-7/h4-5,7H,1-3,6H2. The van der Waals surface area contributed by atoms with Gasteiger partial charge in [0.15, 0.2) is 0 Å². The lowest BCUT2D eigenvalue weighted by Crippen LogP contribution is -2.28. The van der Waals surface area contributed by atoms with Crippen molar-refractivity contribution in [2.24, 2.45) is 5.92 Å². The summed E-state index contributed by atoms with van der Waals surface area (Å²) in [7, 11) is 0. The molecular formula is C9H11BrN2O. The second kappa shape index (κ2) is 3.62. The maximum atomic E-state index is 11.4. The highest BCUT2D eigenvalue weighted by Crippen LogP contribution is 2.26. The summed E-state index contributed by atoms with van der Waals surface area (Å²) in [6, 6.07) is 1.56. The zero-order valence-electron chi connectivity index (χ0n) is 7.24. The van der Waals surface area contributed by atoms with Crippen LogP contribution in [0, 0.1) is 5.92 Å². The predicted octanol–water partition coefficient (Wildman–Crippen LogP) is 1.81. The summed E-state index contributed by atoms with van der Waals surface area (Å²) in [6.45, 7) is 0.784. The Morgan fingerprint density at radius 3 is 2.92 bits per heavy atom. The maximum Gasteiger partial charge on any atom is 0.267 e. The molecule has 0 radical (unpaired) electrons. The topological polar surface area (TPSA) is 34.9 Å². The molecule has 70 valence electrons. The number of aromatic nitrogens is 2. The molecule has 0 atom stereocenters. The normalized spacial score (nSPS) is 17.0. The molecule has 1 aliphatic carbocycles.